The standard InChI is InChI=1S/C51H64N6O5Si/c1-33-26-35-16-12-13-17-37(35)32-55(33)47(58)43-28-38-31-54(49(60)61-50(3,4)5)25-23-36(38)27-42(43)45-29-41(34(2)53(45)9)48(59)57(46-30-52-56-24-15-14-18-44(46)56)39-19-21-40(22-20-39)62-63(10,11)51(6,7)8/h12-13,16-17,19-22,27-30,33H,14-15,18,23-26,31-32H2,1-11H3/t33-/m1/s1. The number of hydrogen-bond donors (Lipinski definition) is 0. The lowest BCUT2D eigenvalue weighted by Crippen LogP contribution is -2.43. The Bertz CT molecular complexity index is 2580. The van der Waals surface area contributed by atoms with Crippen molar-refractivity contribution in [2.24, 2.45) is 7.05 Å². The molecule has 5 aromatic rings. The normalized spacial score (nSPS) is 16.5. The van der Waals surface area contributed by atoms with Gasteiger partial charge in [-0.1, -0.05) is 45.0 Å². The third-order valence-corrected chi connectivity index (χ3v) is 18.1. The minimum absolute atomic E-state index is 0.0315. The van der Waals surface area contributed by atoms with Gasteiger partial charge in [0.05, 0.1) is 23.1 Å². The van der Waals surface area contributed by atoms with E-state index in [0.29, 0.717) is 37.2 Å². The summed E-state index contributed by atoms with van der Waals surface area (Å²) in [7, 11) is -0.127. The van der Waals surface area contributed by atoms with Gasteiger partial charge in [0, 0.05) is 67.5 Å². The summed E-state index contributed by atoms with van der Waals surface area (Å²) in [5, 5.41) is 4.79. The van der Waals surface area contributed by atoms with Crippen LogP contribution in [-0.4, -0.2) is 68.6 Å². The SMILES string of the molecule is Cc1c(C(=O)N(c2ccc(O[Si](C)(C)C(C)(C)C)cc2)c2cnn3c2CCCC3)cc(-c2cc3c(cc2C(=O)N2Cc4ccccc4C[C@H]2C)CN(C(=O)OC(C)(C)C)CC3)n1C. The Balaban J connectivity index is 1.21. The zero-order valence-electron chi connectivity index (χ0n) is 39.1. The lowest BCUT2D eigenvalue weighted by molar-refractivity contribution is 0.0224. The monoisotopic (exact) mass is 868 g/mol. The summed E-state index contributed by atoms with van der Waals surface area (Å²) in [6.45, 7) is 23.0. The van der Waals surface area contributed by atoms with E-state index in [1.807, 2.05) is 102 Å². The van der Waals surface area contributed by atoms with Gasteiger partial charge in [-0.15, -0.1) is 0 Å². The van der Waals surface area contributed by atoms with Crippen molar-refractivity contribution in [1.29, 1.82) is 0 Å². The molecule has 5 heterocycles. The minimum Gasteiger partial charge on any atom is -0.544 e. The second-order valence-electron chi connectivity index (χ2n) is 20.3. The second kappa shape index (κ2) is 16.5. The number of anilines is 2. The molecule has 1 atom stereocenters. The van der Waals surface area contributed by atoms with Gasteiger partial charge in [-0.2, -0.15) is 5.10 Å². The molecule has 0 aliphatic carbocycles. The number of hydrogen-bond acceptors (Lipinski definition) is 6. The number of fused-ring (bicyclic) bond motifs is 3. The number of rotatable bonds is 7. The van der Waals surface area contributed by atoms with Gasteiger partial charge in [0.15, 0.2) is 0 Å². The molecule has 0 radical (unpaired) electrons. The van der Waals surface area contributed by atoms with Crippen LogP contribution in [0.4, 0.5) is 16.2 Å². The van der Waals surface area contributed by atoms with Crippen molar-refractivity contribution in [2.75, 3.05) is 11.4 Å². The topological polar surface area (TPSA) is 102 Å². The summed E-state index contributed by atoms with van der Waals surface area (Å²) in [5.74, 6) is 0.538. The predicted molar refractivity (Wildman–Crippen MR) is 251 cm³/mol. The highest BCUT2D eigenvalue weighted by molar-refractivity contribution is 6.74. The molecule has 3 amide bonds. The zero-order valence-corrected chi connectivity index (χ0v) is 40.1. The maximum atomic E-state index is 15.4. The van der Waals surface area contributed by atoms with Gasteiger partial charge in [-0.3, -0.25) is 19.2 Å². The Morgan fingerprint density at radius 1 is 0.825 bits per heavy atom. The Hall–Kier alpha value is -5.62. The number of ether oxygens (including phenoxy) is 1. The molecule has 12 heteroatoms. The number of carbonyl (C=O) groups is 3. The summed E-state index contributed by atoms with van der Waals surface area (Å²) in [6.07, 6.45) is 5.73. The van der Waals surface area contributed by atoms with Gasteiger partial charge in [0.2, 0.25) is 8.32 Å². The summed E-state index contributed by atoms with van der Waals surface area (Å²) in [4.78, 5) is 49.3. The second-order valence-corrected chi connectivity index (χ2v) is 25.0. The van der Waals surface area contributed by atoms with Crippen LogP contribution < -0.4 is 9.33 Å². The van der Waals surface area contributed by atoms with E-state index in [-0.39, 0.29) is 29.0 Å². The maximum Gasteiger partial charge on any atom is 0.410 e. The summed E-state index contributed by atoms with van der Waals surface area (Å²) in [6, 6.07) is 22.3. The van der Waals surface area contributed by atoms with E-state index in [9.17, 15) is 4.79 Å². The summed E-state index contributed by atoms with van der Waals surface area (Å²) < 4.78 is 16.5. The van der Waals surface area contributed by atoms with Gasteiger partial charge in [0.25, 0.3) is 11.8 Å². The zero-order chi connectivity index (χ0) is 45.2. The first-order valence-electron chi connectivity index (χ1n) is 22.6. The van der Waals surface area contributed by atoms with Crippen molar-refractivity contribution in [3.8, 4) is 17.0 Å². The molecule has 0 unspecified atom stereocenters. The fourth-order valence-corrected chi connectivity index (χ4v) is 9.98. The van der Waals surface area contributed by atoms with Crippen LogP contribution in [0.1, 0.15) is 116 Å². The minimum atomic E-state index is -2.10. The Morgan fingerprint density at radius 3 is 2.24 bits per heavy atom. The molecule has 0 saturated heterocycles. The molecular weight excluding hydrogens is 805 g/mol. The maximum absolute atomic E-state index is 15.4. The molecule has 0 fully saturated rings. The van der Waals surface area contributed by atoms with E-state index < -0.39 is 13.9 Å². The molecule has 63 heavy (non-hydrogen) atoms. The van der Waals surface area contributed by atoms with Crippen LogP contribution in [0.2, 0.25) is 18.1 Å². The fraction of sp³-hybridized carbons (Fsp3) is 0.451. The van der Waals surface area contributed by atoms with Crippen LogP contribution >= 0.6 is 0 Å². The van der Waals surface area contributed by atoms with Gasteiger partial charge in [-0.05, 0) is 150 Å². The molecule has 11 nitrogen and oxygen atoms in total. The fourth-order valence-electron chi connectivity index (χ4n) is 8.95. The van der Waals surface area contributed by atoms with Crippen molar-refractivity contribution in [3.05, 3.63) is 118 Å². The van der Waals surface area contributed by atoms with Crippen molar-refractivity contribution >= 4 is 37.6 Å². The molecule has 3 aliphatic rings. The van der Waals surface area contributed by atoms with E-state index in [2.05, 4.69) is 65.1 Å². The molecular formula is C51H64N6O5Si. The Morgan fingerprint density at radius 2 is 1.54 bits per heavy atom. The molecule has 0 N–H and O–H groups in total. The van der Waals surface area contributed by atoms with E-state index in [0.717, 1.165) is 88.7 Å². The first-order valence-corrected chi connectivity index (χ1v) is 25.5. The number of amides is 3. The predicted octanol–water partition coefficient (Wildman–Crippen LogP) is 10.8. The Labute approximate surface area is 374 Å². The molecule has 332 valence electrons. The van der Waals surface area contributed by atoms with Gasteiger partial charge < -0.3 is 23.5 Å². The van der Waals surface area contributed by atoms with Gasteiger partial charge in [-0.25, -0.2) is 4.79 Å². The molecule has 3 aromatic carbocycles. The highest BCUT2D eigenvalue weighted by Crippen LogP contribution is 2.41. The number of aryl methyl sites for hydroxylation is 1. The highest BCUT2D eigenvalue weighted by atomic mass is 28.4. The third kappa shape index (κ3) is 8.58. The number of benzene rings is 3. The third-order valence-electron chi connectivity index (χ3n) is 13.7. The lowest BCUT2D eigenvalue weighted by Gasteiger charge is -2.36. The molecule has 2 aromatic heterocycles. The average molecular weight is 869 g/mol. The number of carbonyl (C=O) groups excluding carboxylic acids is 3. The first kappa shape index (κ1) is 44.0. The van der Waals surface area contributed by atoms with E-state index >= 15 is 9.59 Å². The molecule has 0 bridgehead atoms. The first-order chi connectivity index (χ1) is 29.7. The van der Waals surface area contributed by atoms with Gasteiger partial charge >= 0.3 is 6.09 Å². The highest BCUT2D eigenvalue weighted by Gasteiger charge is 2.39. The van der Waals surface area contributed by atoms with Crippen molar-refractivity contribution in [1.82, 2.24) is 24.1 Å². The van der Waals surface area contributed by atoms with Crippen LogP contribution in [0.15, 0.2) is 72.9 Å². The van der Waals surface area contributed by atoms with Crippen LogP contribution in [0.25, 0.3) is 11.3 Å². The van der Waals surface area contributed by atoms with Crippen LogP contribution in [0, 0.1) is 6.92 Å². The smallest absolute Gasteiger partial charge is 0.410 e. The van der Waals surface area contributed by atoms with Gasteiger partial charge in [0.1, 0.15) is 11.4 Å². The lowest BCUT2D eigenvalue weighted by atomic mass is 9.90. The molecule has 0 saturated carbocycles. The Kier molecular flexibility index (Phi) is 11.5. The summed E-state index contributed by atoms with van der Waals surface area (Å²) in [5.41, 5.74) is 9.73. The van der Waals surface area contributed by atoms with Crippen molar-refractivity contribution in [3.63, 3.8) is 0 Å². The van der Waals surface area contributed by atoms with Crippen LogP contribution in [-0.2, 0) is 50.7 Å². The van der Waals surface area contributed by atoms with Crippen LogP contribution in [0.5, 0.6) is 5.75 Å². The van der Waals surface area contributed by atoms with Crippen molar-refractivity contribution in [2.45, 2.75) is 137 Å². The largest absolute Gasteiger partial charge is 0.544 e. The van der Waals surface area contributed by atoms with E-state index in [4.69, 9.17) is 14.3 Å². The quantitative estimate of drug-likeness (QED) is 0.151. The van der Waals surface area contributed by atoms with Crippen LogP contribution in [0.3, 0.4) is 0 Å². The number of nitrogens with zero attached hydrogens (tertiary/aromatic N) is 6. The average Bonchev–Trinajstić information content (AvgIpc) is 3.78. The molecule has 8 rings (SSSR count). The van der Waals surface area contributed by atoms with Crippen molar-refractivity contribution < 1.29 is 23.5 Å². The molecule has 3 aliphatic heterocycles. The van der Waals surface area contributed by atoms with E-state index in [1.165, 1.54) is 5.56 Å². The van der Waals surface area contributed by atoms with E-state index in [1.54, 1.807) is 4.90 Å². The number of aromatic nitrogens is 3. The molecule has 0 spiro atoms. The summed E-state index contributed by atoms with van der Waals surface area (Å²) >= 11 is 0.